The molecule has 0 atom stereocenters. The fourth-order valence-corrected chi connectivity index (χ4v) is 0.970. The Labute approximate surface area is 70.3 Å². The minimum Gasteiger partial charge on any atom is -0.103 e. The van der Waals surface area contributed by atoms with Crippen LogP contribution in [0, 0.1) is 0 Å². The van der Waals surface area contributed by atoms with Crippen LogP contribution in [-0.2, 0) is 0 Å². The van der Waals surface area contributed by atoms with E-state index in [9.17, 15) is 0 Å². The predicted octanol–water partition coefficient (Wildman–Crippen LogP) is 3.87. The fourth-order valence-electron chi connectivity index (χ4n) is 0.970. The smallest absolute Gasteiger partial charge is 0.0144 e. The summed E-state index contributed by atoms with van der Waals surface area (Å²) in [5.74, 6) is 0. The van der Waals surface area contributed by atoms with Crippen molar-refractivity contribution in [3.05, 3.63) is 37.5 Å². The van der Waals surface area contributed by atoms with Crippen molar-refractivity contribution in [2.24, 2.45) is 0 Å². The van der Waals surface area contributed by atoms with Crippen LogP contribution in [0.3, 0.4) is 0 Å². The van der Waals surface area contributed by atoms with Crippen LogP contribution in [0.1, 0.15) is 32.1 Å². The standard InChI is InChI=1S/C11H18/c1-4-6-7-8-10-11(3)9-5-2/h4-5H,1-3,6-10H2. The van der Waals surface area contributed by atoms with Gasteiger partial charge in [-0.1, -0.05) is 24.3 Å². The lowest BCUT2D eigenvalue weighted by Gasteiger charge is -2.00. The normalized spacial score (nSPS) is 9.09. The minimum absolute atomic E-state index is 0.966. The van der Waals surface area contributed by atoms with Gasteiger partial charge in [-0.25, -0.2) is 0 Å². The third kappa shape index (κ3) is 7.11. The van der Waals surface area contributed by atoms with E-state index in [0.717, 1.165) is 19.3 Å². The van der Waals surface area contributed by atoms with E-state index >= 15 is 0 Å². The van der Waals surface area contributed by atoms with Crippen molar-refractivity contribution in [3.8, 4) is 0 Å². The zero-order chi connectivity index (χ0) is 8.53. The molecule has 0 fully saturated rings. The van der Waals surface area contributed by atoms with Crippen LogP contribution in [0.25, 0.3) is 0 Å². The Hall–Kier alpha value is -0.780. The van der Waals surface area contributed by atoms with Crippen LogP contribution in [0.4, 0.5) is 0 Å². The van der Waals surface area contributed by atoms with E-state index in [1.165, 1.54) is 18.4 Å². The van der Waals surface area contributed by atoms with Gasteiger partial charge in [0.25, 0.3) is 0 Å². The lowest BCUT2D eigenvalue weighted by atomic mass is 10.1. The maximum Gasteiger partial charge on any atom is -0.0144 e. The maximum absolute atomic E-state index is 3.94. The topological polar surface area (TPSA) is 0 Å². The van der Waals surface area contributed by atoms with Crippen LogP contribution in [-0.4, -0.2) is 0 Å². The summed E-state index contributed by atoms with van der Waals surface area (Å²) in [4.78, 5) is 0. The van der Waals surface area contributed by atoms with Gasteiger partial charge in [0.05, 0.1) is 0 Å². The molecule has 0 aromatic carbocycles. The van der Waals surface area contributed by atoms with Crippen LogP contribution < -0.4 is 0 Å². The third-order valence-electron chi connectivity index (χ3n) is 1.62. The second-order valence-corrected chi connectivity index (χ2v) is 2.78. The zero-order valence-corrected chi connectivity index (χ0v) is 7.31. The monoisotopic (exact) mass is 150 g/mol. The summed E-state index contributed by atoms with van der Waals surface area (Å²) in [7, 11) is 0. The Kier molecular flexibility index (Phi) is 6.81. The van der Waals surface area contributed by atoms with Crippen LogP contribution >= 0.6 is 0 Å². The molecule has 0 aliphatic rings. The summed E-state index contributed by atoms with van der Waals surface area (Å²) in [5, 5.41) is 0. The van der Waals surface area contributed by atoms with E-state index in [0.29, 0.717) is 0 Å². The highest BCUT2D eigenvalue weighted by molar-refractivity contribution is 4.99. The molecule has 0 N–H and O–H groups in total. The van der Waals surface area contributed by atoms with Crippen LogP contribution in [0.5, 0.6) is 0 Å². The molecule has 62 valence electrons. The second-order valence-electron chi connectivity index (χ2n) is 2.78. The molecule has 0 radical (unpaired) electrons. The van der Waals surface area contributed by atoms with Crippen molar-refractivity contribution in [3.63, 3.8) is 0 Å². The Morgan fingerprint density at radius 3 is 2.36 bits per heavy atom. The lowest BCUT2D eigenvalue weighted by molar-refractivity contribution is 0.736. The van der Waals surface area contributed by atoms with E-state index < -0.39 is 0 Å². The first kappa shape index (κ1) is 10.2. The average Bonchev–Trinajstić information content (AvgIpc) is 1.99. The quantitative estimate of drug-likeness (QED) is 0.382. The first-order valence-electron chi connectivity index (χ1n) is 4.19. The van der Waals surface area contributed by atoms with E-state index in [-0.39, 0.29) is 0 Å². The molecule has 0 saturated heterocycles. The minimum atomic E-state index is 0.966. The molecule has 0 aromatic rings. The molecule has 0 rings (SSSR count). The largest absolute Gasteiger partial charge is 0.103 e. The van der Waals surface area contributed by atoms with Crippen molar-refractivity contribution in [1.29, 1.82) is 0 Å². The molecular weight excluding hydrogens is 132 g/mol. The molecule has 0 spiro atoms. The molecule has 0 nitrogen and oxygen atoms in total. The number of hydrogen-bond acceptors (Lipinski definition) is 0. The Balaban J connectivity index is 3.16. The molecule has 0 unspecified atom stereocenters. The van der Waals surface area contributed by atoms with Gasteiger partial charge in [-0.3, -0.25) is 0 Å². The molecular formula is C11H18. The first-order chi connectivity index (χ1) is 5.31. The van der Waals surface area contributed by atoms with E-state index in [4.69, 9.17) is 0 Å². The van der Waals surface area contributed by atoms with Gasteiger partial charge in [0.1, 0.15) is 0 Å². The summed E-state index contributed by atoms with van der Waals surface area (Å²) in [6.07, 6.45) is 9.58. The van der Waals surface area contributed by atoms with Gasteiger partial charge in [0, 0.05) is 0 Å². The summed E-state index contributed by atoms with van der Waals surface area (Å²) in [6, 6.07) is 0. The summed E-state index contributed by atoms with van der Waals surface area (Å²) >= 11 is 0. The van der Waals surface area contributed by atoms with E-state index in [1.807, 2.05) is 12.2 Å². The molecule has 0 heteroatoms. The third-order valence-corrected chi connectivity index (χ3v) is 1.62. The van der Waals surface area contributed by atoms with Crippen LogP contribution in [0.15, 0.2) is 37.5 Å². The highest BCUT2D eigenvalue weighted by Gasteiger charge is 1.90. The number of unbranched alkanes of at least 4 members (excludes halogenated alkanes) is 2. The first-order valence-corrected chi connectivity index (χ1v) is 4.19. The molecule has 0 aliphatic heterocycles. The van der Waals surface area contributed by atoms with E-state index in [2.05, 4.69) is 19.7 Å². The molecule has 0 aliphatic carbocycles. The molecule has 11 heavy (non-hydrogen) atoms. The van der Waals surface area contributed by atoms with Gasteiger partial charge in [0.15, 0.2) is 0 Å². The van der Waals surface area contributed by atoms with Crippen molar-refractivity contribution in [2.75, 3.05) is 0 Å². The van der Waals surface area contributed by atoms with Crippen molar-refractivity contribution >= 4 is 0 Å². The summed E-state index contributed by atoms with van der Waals surface area (Å²) < 4.78 is 0. The highest BCUT2D eigenvalue weighted by Crippen LogP contribution is 2.10. The van der Waals surface area contributed by atoms with Gasteiger partial charge in [0.2, 0.25) is 0 Å². The van der Waals surface area contributed by atoms with Gasteiger partial charge in [-0.2, -0.15) is 0 Å². The Bertz CT molecular complexity index is 131. The number of allylic oxidation sites excluding steroid dienone is 3. The van der Waals surface area contributed by atoms with Gasteiger partial charge in [-0.15, -0.1) is 13.2 Å². The summed E-state index contributed by atoms with van der Waals surface area (Å²) in [5.41, 5.74) is 1.30. The summed E-state index contributed by atoms with van der Waals surface area (Å²) in [6.45, 7) is 11.3. The average molecular weight is 150 g/mol. The number of rotatable bonds is 7. The van der Waals surface area contributed by atoms with E-state index in [1.54, 1.807) is 0 Å². The lowest BCUT2D eigenvalue weighted by Crippen LogP contribution is -1.80. The molecule has 0 heterocycles. The predicted molar refractivity (Wildman–Crippen MR) is 52.6 cm³/mol. The Morgan fingerprint density at radius 2 is 1.82 bits per heavy atom. The van der Waals surface area contributed by atoms with Gasteiger partial charge >= 0.3 is 0 Å². The maximum atomic E-state index is 3.94. The van der Waals surface area contributed by atoms with Crippen molar-refractivity contribution in [2.45, 2.75) is 32.1 Å². The number of hydrogen-bond donors (Lipinski definition) is 0. The molecule has 0 amide bonds. The van der Waals surface area contributed by atoms with Crippen molar-refractivity contribution in [1.82, 2.24) is 0 Å². The van der Waals surface area contributed by atoms with Gasteiger partial charge in [-0.05, 0) is 32.1 Å². The van der Waals surface area contributed by atoms with Crippen LogP contribution in [0.2, 0.25) is 0 Å². The highest BCUT2D eigenvalue weighted by atomic mass is 14.0. The molecule has 0 aromatic heterocycles. The SMILES string of the molecule is C=CCCCCC(=C)CC=C. The fraction of sp³-hybridized carbons (Fsp3) is 0.455. The second kappa shape index (κ2) is 7.33. The van der Waals surface area contributed by atoms with Gasteiger partial charge < -0.3 is 0 Å². The molecule has 0 saturated carbocycles. The Morgan fingerprint density at radius 1 is 1.09 bits per heavy atom. The zero-order valence-electron chi connectivity index (χ0n) is 7.31. The molecule has 0 bridgehead atoms. The van der Waals surface area contributed by atoms with Crippen molar-refractivity contribution < 1.29 is 0 Å².